The molecule has 15 heavy (non-hydrogen) atoms. The Morgan fingerprint density at radius 2 is 2.07 bits per heavy atom. The van der Waals surface area contributed by atoms with Crippen LogP contribution in [-0.4, -0.2) is 7.05 Å². The summed E-state index contributed by atoms with van der Waals surface area (Å²) in [5.74, 6) is 0.719. The van der Waals surface area contributed by atoms with Crippen LogP contribution >= 0.6 is 11.3 Å². The van der Waals surface area contributed by atoms with E-state index in [1.807, 2.05) is 11.3 Å². The maximum absolute atomic E-state index is 3.42. The van der Waals surface area contributed by atoms with E-state index in [-0.39, 0.29) is 0 Å². The van der Waals surface area contributed by atoms with Gasteiger partial charge in [0.1, 0.15) is 0 Å². The monoisotopic (exact) mass is 225 g/mol. The van der Waals surface area contributed by atoms with E-state index < -0.39 is 0 Å². The fourth-order valence-corrected chi connectivity index (χ4v) is 2.42. The molecule has 0 aliphatic heterocycles. The Labute approximate surface area is 97.9 Å². The van der Waals surface area contributed by atoms with Gasteiger partial charge in [0.15, 0.2) is 0 Å². The first-order valence-corrected chi connectivity index (χ1v) is 6.53. The third-order valence-electron chi connectivity index (χ3n) is 3.30. The van der Waals surface area contributed by atoms with Crippen molar-refractivity contribution < 1.29 is 0 Å². The van der Waals surface area contributed by atoms with Gasteiger partial charge in [0.2, 0.25) is 0 Å². The minimum atomic E-state index is 0.395. The zero-order valence-electron chi connectivity index (χ0n) is 10.5. The summed E-state index contributed by atoms with van der Waals surface area (Å²) in [5.41, 5.74) is 0.395. The normalized spacial score (nSPS) is 16.3. The number of hydrogen-bond acceptors (Lipinski definition) is 2. The molecule has 1 nitrogen and oxygen atoms in total. The molecule has 2 unspecified atom stereocenters. The van der Waals surface area contributed by atoms with Gasteiger partial charge in [0.25, 0.3) is 0 Å². The molecule has 0 amide bonds. The van der Waals surface area contributed by atoms with Crippen LogP contribution < -0.4 is 5.32 Å². The average Bonchev–Trinajstić information content (AvgIpc) is 2.64. The molecule has 0 aromatic carbocycles. The molecule has 1 aromatic heterocycles. The van der Waals surface area contributed by atoms with Crippen LogP contribution in [-0.2, 0) is 0 Å². The summed E-state index contributed by atoms with van der Waals surface area (Å²) < 4.78 is 0. The maximum atomic E-state index is 3.42. The maximum Gasteiger partial charge on any atom is 0.0415 e. The molecule has 1 heterocycles. The van der Waals surface area contributed by atoms with Crippen molar-refractivity contribution >= 4 is 11.3 Å². The standard InChI is InChI=1S/C13H23NS/c1-10(13(2,3)4)9-11(14-5)12-7-6-8-15-12/h6-8,10-11,14H,9H2,1-5H3. The molecule has 0 aliphatic rings. The van der Waals surface area contributed by atoms with Crippen molar-refractivity contribution in [2.24, 2.45) is 11.3 Å². The smallest absolute Gasteiger partial charge is 0.0415 e. The molecular weight excluding hydrogens is 202 g/mol. The molecule has 2 atom stereocenters. The van der Waals surface area contributed by atoms with E-state index in [4.69, 9.17) is 0 Å². The molecule has 0 bridgehead atoms. The molecule has 0 aliphatic carbocycles. The van der Waals surface area contributed by atoms with E-state index in [1.54, 1.807) is 0 Å². The summed E-state index contributed by atoms with van der Waals surface area (Å²) >= 11 is 1.85. The van der Waals surface area contributed by atoms with Crippen molar-refractivity contribution in [1.29, 1.82) is 0 Å². The Kier molecular flexibility index (Phi) is 4.35. The van der Waals surface area contributed by atoms with E-state index in [0.29, 0.717) is 11.5 Å². The van der Waals surface area contributed by atoms with E-state index in [9.17, 15) is 0 Å². The van der Waals surface area contributed by atoms with Crippen LogP contribution in [0.1, 0.15) is 45.0 Å². The molecule has 2 heteroatoms. The summed E-state index contributed by atoms with van der Waals surface area (Å²) in [6.07, 6.45) is 1.21. The Bertz CT molecular complexity index is 271. The SMILES string of the molecule is CNC(CC(C)C(C)(C)C)c1cccs1. The van der Waals surface area contributed by atoms with E-state index >= 15 is 0 Å². The van der Waals surface area contributed by atoms with Gasteiger partial charge in [-0.25, -0.2) is 0 Å². The van der Waals surface area contributed by atoms with Crippen LogP contribution in [0.15, 0.2) is 17.5 Å². The molecule has 0 saturated carbocycles. The average molecular weight is 225 g/mol. The van der Waals surface area contributed by atoms with E-state index in [1.165, 1.54) is 11.3 Å². The van der Waals surface area contributed by atoms with Crippen molar-refractivity contribution in [3.05, 3.63) is 22.4 Å². The summed E-state index contributed by atoms with van der Waals surface area (Å²) in [6, 6.07) is 4.87. The molecular formula is C13H23NS. The number of rotatable bonds is 4. The minimum absolute atomic E-state index is 0.395. The van der Waals surface area contributed by atoms with E-state index in [2.05, 4.69) is 57.6 Å². The second-order valence-corrected chi connectivity index (χ2v) is 6.34. The predicted octanol–water partition coefficient (Wildman–Crippen LogP) is 4.08. The van der Waals surface area contributed by atoms with Gasteiger partial charge >= 0.3 is 0 Å². The summed E-state index contributed by atoms with van der Waals surface area (Å²) in [4.78, 5) is 1.45. The number of nitrogens with one attached hydrogen (secondary N) is 1. The fraction of sp³-hybridized carbons (Fsp3) is 0.692. The van der Waals surface area contributed by atoms with Gasteiger partial charge in [-0.15, -0.1) is 11.3 Å². The lowest BCUT2D eigenvalue weighted by molar-refractivity contribution is 0.227. The summed E-state index contributed by atoms with van der Waals surface area (Å²) in [5, 5.41) is 5.57. The van der Waals surface area contributed by atoms with Crippen molar-refractivity contribution in [1.82, 2.24) is 5.32 Å². The number of thiophene rings is 1. The molecule has 0 fully saturated rings. The van der Waals surface area contributed by atoms with Crippen LogP contribution in [0.2, 0.25) is 0 Å². The second kappa shape index (κ2) is 5.13. The van der Waals surface area contributed by atoms with Gasteiger partial charge in [0.05, 0.1) is 0 Å². The Balaban J connectivity index is 2.63. The minimum Gasteiger partial charge on any atom is -0.312 e. The quantitative estimate of drug-likeness (QED) is 0.814. The first kappa shape index (κ1) is 12.7. The van der Waals surface area contributed by atoms with Gasteiger partial charge in [-0.1, -0.05) is 33.8 Å². The van der Waals surface area contributed by atoms with Crippen LogP contribution in [0.25, 0.3) is 0 Å². The zero-order valence-corrected chi connectivity index (χ0v) is 11.3. The van der Waals surface area contributed by atoms with Gasteiger partial charge in [0, 0.05) is 10.9 Å². The Hall–Kier alpha value is -0.340. The van der Waals surface area contributed by atoms with Crippen molar-refractivity contribution in [2.75, 3.05) is 7.05 Å². The highest BCUT2D eigenvalue weighted by molar-refractivity contribution is 7.10. The van der Waals surface area contributed by atoms with Gasteiger partial charge < -0.3 is 5.32 Å². The second-order valence-electron chi connectivity index (χ2n) is 5.36. The molecule has 0 saturated heterocycles. The van der Waals surface area contributed by atoms with Crippen LogP contribution in [0.4, 0.5) is 0 Å². The van der Waals surface area contributed by atoms with Gasteiger partial charge in [-0.3, -0.25) is 0 Å². The Morgan fingerprint density at radius 3 is 2.47 bits per heavy atom. The first-order chi connectivity index (χ1) is 6.95. The van der Waals surface area contributed by atoms with Crippen molar-refractivity contribution in [3.63, 3.8) is 0 Å². The largest absolute Gasteiger partial charge is 0.312 e. The van der Waals surface area contributed by atoms with Crippen molar-refractivity contribution in [3.8, 4) is 0 Å². The number of hydrogen-bond donors (Lipinski definition) is 1. The highest BCUT2D eigenvalue weighted by Crippen LogP contribution is 2.34. The van der Waals surface area contributed by atoms with E-state index in [0.717, 1.165) is 5.92 Å². The molecule has 1 N–H and O–H groups in total. The van der Waals surface area contributed by atoms with Crippen LogP contribution in [0.3, 0.4) is 0 Å². The predicted molar refractivity (Wildman–Crippen MR) is 69.4 cm³/mol. The lowest BCUT2D eigenvalue weighted by Crippen LogP contribution is -2.24. The fourth-order valence-electron chi connectivity index (χ4n) is 1.57. The van der Waals surface area contributed by atoms with Crippen LogP contribution in [0, 0.1) is 11.3 Å². The third-order valence-corrected chi connectivity index (χ3v) is 4.29. The first-order valence-electron chi connectivity index (χ1n) is 5.66. The lowest BCUT2D eigenvalue weighted by Gasteiger charge is -2.30. The molecule has 86 valence electrons. The van der Waals surface area contributed by atoms with Crippen molar-refractivity contribution in [2.45, 2.75) is 40.2 Å². The topological polar surface area (TPSA) is 12.0 Å². The molecule has 0 spiro atoms. The lowest BCUT2D eigenvalue weighted by atomic mass is 9.78. The third kappa shape index (κ3) is 3.62. The highest BCUT2D eigenvalue weighted by atomic mass is 32.1. The molecule has 0 radical (unpaired) electrons. The zero-order chi connectivity index (χ0) is 11.5. The van der Waals surface area contributed by atoms with Gasteiger partial charge in [-0.2, -0.15) is 0 Å². The highest BCUT2D eigenvalue weighted by Gasteiger charge is 2.23. The van der Waals surface area contributed by atoms with Gasteiger partial charge in [-0.05, 0) is 36.2 Å². The molecule has 1 aromatic rings. The summed E-state index contributed by atoms with van der Waals surface area (Å²) in [6.45, 7) is 9.30. The van der Waals surface area contributed by atoms with Crippen LogP contribution in [0.5, 0.6) is 0 Å². The molecule has 1 rings (SSSR count). The Morgan fingerprint density at radius 1 is 1.40 bits per heavy atom. The summed E-state index contributed by atoms with van der Waals surface area (Å²) in [7, 11) is 2.06.